The Labute approximate surface area is 127 Å². The van der Waals surface area contributed by atoms with Gasteiger partial charge in [0.05, 0.1) is 5.60 Å². The Morgan fingerprint density at radius 1 is 1.38 bits per heavy atom. The van der Waals surface area contributed by atoms with Crippen LogP contribution in [0.2, 0.25) is 0 Å². The van der Waals surface area contributed by atoms with Crippen LogP contribution in [0, 0.1) is 6.92 Å². The minimum atomic E-state index is 0.0837. The zero-order valence-electron chi connectivity index (χ0n) is 13.3. The lowest BCUT2D eigenvalue weighted by atomic mass is 9.83. The molecule has 0 aromatic carbocycles. The largest absolute Gasteiger partial charge is 0.381 e. The van der Waals surface area contributed by atoms with Crippen LogP contribution in [0.15, 0.2) is 12.4 Å². The molecule has 1 unspecified atom stereocenters. The van der Waals surface area contributed by atoms with E-state index in [0.717, 1.165) is 64.4 Å². The Hall–Kier alpha value is -0.910. The van der Waals surface area contributed by atoms with Gasteiger partial charge in [0.1, 0.15) is 5.82 Å². The SMILES string of the molecule is Cc1nccn1CCN(C)C1CCOC2(CCOCC2)C1. The van der Waals surface area contributed by atoms with E-state index in [1.165, 1.54) is 0 Å². The summed E-state index contributed by atoms with van der Waals surface area (Å²) < 4.78 is 13.9. The lowest BCUT2D eigenvalue weighted by molar-refractivity contribution is -0.149. The number of aromatic nitrogens is 2. The molecule has 3 heterocycles. The van der Waals surface area contributed by atoms with Gasteiger partial charge in [0.25, 0.3) is 0 Å². The Balaban J connectivity index is 1.54. The second-order valence-corrected chi connectivity index (χ2v) is 6.44. The summed E-state index contributed by atoms with van der Waals surface area (Å²) in [6, 6.07) is 0.626. The van der Waals surface area contributed by atoms with E-state index in [0.29, 0.717) is 6.04 Å². The van der Waals surface area contributed by atoms with E-state index in [-0.39, 0.29) is 5.60 Å². The molecule has 1 aromatic rings. The molecule has 0 N–H and O–H groups in total. The molecule has 5 nitrogen and oxygen atoms in total. The summed E-state index contributed by atoms with van der Waals surface area (Å²) in [6.07, 6.45) is 8.33. The zero-order valence-corrected chi connectivity index (χ0v) is 13.3. The van der Waals surface area contributed by atoms with Crippen LogP contribution in [0.4, 0.5) is 0 Å². The molecule has 0 amide bonds. The van der Waals surface area contributed by atoms with Gasteiger partial charge in [-0.15, -0.1) is 0 Å². The third kappa shape index (κ3) is 3.47. The van der Waals surface area contributed by atoms with Gasteiger partial charge in [0.15, 0.2) is 0 Å². The second kappa shape index (κ2) is 6.46. The highest BCUT2D eigenvalue weighted by molar-refractivity contribution is 4.93. The van der Waals surface area contributed by atoms with Crippen LogP contribution in [0.3, 0.4) is 0 Å². The molecule has 0 radical (unpaired) electrons. The summed E-state index contributed by atoms with van der Waals surface area (Å²) in [6.45, 7) is 6.73. The van der Waals surface area contributed by atoms with Crippen molar-refractivity contribution in [1.82, 2.24) is 14.5 Å². The first kappa shape index (κ1) is 15.0. The number of hydrogen-bond acceptors (Lipinski definition) is 4. The van der Waals surface area contributed by atoms with Gasteiger partial charge < -0.3 is 18.9 Å². The topological polar surface area (TPSA) is 39.5 Å². The molecule has 5 heteroatoms. The highest BCUT2D eigenvalue weighted by atomic mass is 16.5. The number of likely N-dealkylation sites (N-methyl/N-ethyl adjacent to an activating group) is 1. The van der Waals surface area contributed by atoms with Crippen LogP contribution >= 0.6 is 0 Å². The molecule has 2 fully saturated rings. The maximum Gasteiger partial charge on any atom is 0.105 e. The van der Waals surface area contributed by atoms with Crippen molar-refractivity contribution in [1.29, 1.82) is 0 Å². The fourth-order valence-corrected chi connectivity index (χ4v) is 3.56. The molecule has 2 saturated heterocycles. The number of hydrogen-bond donors (Lipinski definition) is 0. The molecule has 0 saturated carbocycles. The number of rotatable bonds is 4. The average molecular weight is 293 g/mol. The summed E-state index contributed by atoms with van der Waals surface area (Å²) in [5.41, 5.74) is 0.0837. The summed E-state index contributed by atoms with van der Waals surface area (Å²) in [5, 5.41) is 0. The maximum atomic E-state index is 6.13. The molecule has 3 rings (SSSR count). The van der Waals surface area contributed by atoms with Gasteiger partial charge in [0, 0.05) is 51.3 Å². The van der Waals surface area contributed by atoms with Gasteiger partial charge >= 0.3 is 0 Å². The van der Waals surface area contributed by atoms with Crippen LogP contribution in [0.1, 0.15) is 31.5 Å². The van der Waals surface area contributed by atoms with Gasteiger partial charge in [-0.2, -0.15) is 0 Å². The summed E-state index contributed by atoms with van der Waals surface area (Å²) >= 11 is 0. The minimum Gasteiger partial charge on any atom is -0.381 e. The molecular weight excluding hydrogens is 266 g/mol. The average Bonchev–Trinajstić information content (AvgIpc) is 2.91. The van der Waals surface area contributed by atoms with Gasteiger partial charge in [-0.05, 0) is 39.7 Å². The van der Waals surface area contributed by atoms with Crippen molar-refractivity contribution < 1.29 is 9.47 Å². The van der Waals surface area contributed by atoms with E-state index in [2.05, 4.69) is 34.6 Å². The first-order valence-corrected chi connectivity index (χ1v) is 8.08. The molecule has 1 aromatic heterocycles. The summed E-state index contributed by atoms with van der Waals surface area (Å²) in [4.78, 5) is 6.79. The number of ether oxygens (including phenoxy) is 2. The zero-order chi connectivity index (χ0) is 14.7. The highest BCUT2D eigenvalue weighted by Crippen LogP contribution is 2.35. The lowest BCUT2D eigenvalue weighted by Crippen LogP contribution is -2.50. The predicted octanol–water partition coefficient (Wildman–Crippen LogP) is 1.85. The molecule has 118 valence electrons. The highest BCUT2D eigenvalue weighted by Gasteiger charge is 2.39. The second-order valence-electron chi connectivity index (χ2n) is 6.44. The first-order chi connectivity index (χ1) is 10.2. The number of nitrogens with zero attached hydrogens (tertiary/aromatic N) is 3. The third-order valence-corrected chi connectivity index (χ3v) is 5.11. The van der Waals surface area contributed by atoms with Gasteiger partial charge in [-0.1, -0.05) is 0 Å². The smallest absolute Gasteiger partial charge is 0.105 e. The molecule has 2 aliphatic heterocycles. The maximum absolute atomic E-state index is 6.13. The molecule has 0 bridgehead atoms. The number of imidazole rings is 1. The third-order valence-electron chi connectivity index (χ3n) is 5.11. The standard InChI is InChI=1S/C16H27N3O2/c1-14-17-6-7-19(14)9-8-18(2)15-3-10-21-16(13-15)4-11-20-12-5-16/h6-7,15H,3-5,8-13H2,1-2H3. The Morgan fingerprint density at radius 3 is 2.90 bits per heavy atom. The van der Waals surface area contributed by atoms with Crippen molar-refractivity contribution in [2.45, 2.75) is 50.8 Å². The molecule has 2 aliphatic rings. The predicted molar refractivity (Wildman–Crippen MR) is 81.4 cm³/mol. The Bertz CT molecular complexity index is 449. The van der Waals surface area contributed by atoms with E-state index < -0.39 is 0 Å². The molecule has 1 atom stereocenters. The first-order valence-electron chi connectivity index (χ1n) is 8.08. The van der Waals surface area contributed by atoms with Crippen molar-refractivity contribution in [3.05, 3.63) is 18.2 Å². The van der Waals surface area contributed by atoms with Crippen molar-refractivity contribution in [3.8, 4) is 0 Å². The van der Waals surface area contributed by atoms with Gasteiger partial charge in [0.2, 0.25) is 0 Å². The minimum absolute atomic E-state index is 0.0837. The molecule has 1 spiro atoms. The van der Waals surface area contributed by atoms with Crippen molar-refractivity contribution in [3.63, 3.8) is 0 Å². The summed E-state index contributed by atoms with van der Waals surface area (Å²) in [5.74, 6) is 1.09. The van der Waals surface area contributed by atoms with Crippen LogP contribution in [-0.4, -0.2) is 59.5 Å². The quantitative estimate of drug-likeness (QED) is 0.849. The van der Waals surface area contributed by atoms with Crippen LogP contribution in [-0.2, 0) is 16.0 Å². The number of aryl methyl sites for hydroxylation is 1. The van der Waals surface area contributed by atoms with Crippen molar-refractivity contribution >= 4 is 0 Å². The molecular formula is C16H27N3O2. The van der Waals surface area contributed by atoms with Crippen molar-refractivity contribution in [2.24, 2.45) is 0 Å². The Morgan fingerprint density at radius 2 is 2.19 bits per heavy atom. The fraction of sp³-hybridized carbons (Fsp3) is 0.812. The van der Waals surface area contributed by atoms with Gasteiger partial charge in [-0.25, -0.2) is 4.98 Å². The van der Waals surface area contributed by atoms with E-state index in [9.17, 15) is 0 Å². The summed E-state index contributed by atoms with van der Waals surface area (Å²) in [7, 11) is 2.25. The van der Waals surface area contributed by atoms with E-state index >= 15 is 0 Å². The lowest BCUT2D eigenvalue weighted by Gasteiger charge is -2.45. The van der Waals surface area contributed by atoms with Crippen LogP contribution in [0.5, 0.6) is 0 Å². The fourth-order valence-electron chi connectivity index (χ4n) is 3.56. The van der Waals surface area contributed by atoms with E-state index in [4.69, 9.17) is 9.47 Å². The van der Waals surface area contributed by atoms with Crippen LogP contribution < -0.4 is 0 Å². The normalized spacial score (nSPS) is 25.6. The molecule has 21 heavy (non-hydrogen) atoms. The van der Waals surface area contributed by atoms with Crippen LogP contribution in [0.25, 0.3) is 0 Å². The van der Waals surface area contributed by atoms with Crippen molar-refractivity contribution in [2.75, 3.05) is 33.4 Å². The van der Waals surface area contributed by atoms with E-state index in [1.807, 2.05) is 6.20 Å². The Kier molecular flexibility index (Phi) is 4.62. The van der Waals surface area contributed by atoms with E-state index in [1.54, 1.807) is 0 Å². The van der Waals surface area contributed by atoms with Gasteiger partial charge in [-0.3, -0.25) is 0 Å². The molecule has 0 aliphatic carbocycles. The monoisotopic (exact) mass is 293 g/mol.